The Bertz CT molecular complexity index is 114. The van der Waals surface area contributed by atoms with Crippen LogP contribution in [0.2, 0.25) is 0 Å². The Morgan fingerprint density at radius 2 is 2.22 bits per heavy atom. The average Bonchev–Trinajstić information content (AvgIpc) is 1.63. The first kappa shape index (κ1) is 8.75. The SMILES string of the molecule is CC(C)(CBr)OC(N)=O. The van der Waals surface area contributed by atoms with Crippen LogP contribution in [0.3, 0.4) is 0 Å². The molecule has 0 aliphatic carbocycles. The highest BCUT2D eigenvalue weighted by Gasteiger charge is 2.18. The monoisotopic (exact) mass is 195 g/mol. The Hall–Kier alpha value is -0.250. The lowest BCUT2D eigenvalue weighted by atomic mass is 10.2. The van der Waals surface area contributed by atoms with E-state index >= 15 is 0 Å². The van der Waals surface area contributed by atoms with Crippen LogP contribution in [-0.2, 0) is 4.74 Å². The second-order valence-corrected chi connectivity index (χ2v) is 2.88. The van der Waals surface area contributed by atoms with E-state index in [1.807, 2.05) is 0 Å². The molecular formula is C5H10BrNO2. The van der Waals surface area contributed by atoms with Crippen LogP contribution in [0.5, 0.6) is 0 Å². The number of rotatable bonds is 2. The van der Waals surface area contributed by atoms with Crippen molar-refractivity contribution in [3.63, 3.8) is 0 Å². The highest BCUT2D eigenvalue weighted by molar-refractivity contribution is 9.09. The van der Waals surface area contributed by atoms with Gasteiger partial charge >= 0.3 is 6.09 Å². The maximum Gasteiger partial charge on any atom is 0.405 e. The number of carbonyl (C=O) groups is 1. The standard InChI is InChI=1S/C5H10BrNO2/c1-5(2,3-6)9-4(7)8/h3H2,1-2H3,(H2,7,8). The molecule has 0 rings (SSSR count). The van der Waals surface area contributed by atoms with E-state index < -0.39 is 11.7 Å². The van der Waals surface area contributed by atoms with E-state index in [2.05, 4.69) is 20.7 Å². The van der Waals surface area contributed by atoms with Crippen LogP contribution in [0.15, 0.2) is 0 Å². The molecule has 4 heteroatoms. The molecule has 0 aliphatic heterocycles. The van der Waals surface area contributed by atoms with E-state index in [-0.39, 0.29) is 0 Å². The molecule has 0 aromatic carbocycles. The second-order valence-electron chi connectivity index (χ2n) is 2.31. The minimum absolute atomic E-state index is 0.494. The minimum atomic E-state index is -0.737. The Kier molecular flexibility index (Phi) is 2.97. The molecule has 9 heavy (non-hydrogen) atoms. The fourth-order valence-corrected chi connectivity index (χ4v) is 0.414. The van der Waals surface area contributed by atoms with Gasteiger partial charge in [-0.2, -0.15) is 0 Å². The van der Waals surface area contributed by atoms with Crippen LogP contribution in [-0.4, -0.2) is 17.0 Å². The molecule has 0 heterocycles. The summed E-state index contributed by atoms with van der Waals surface area (Å²) < 4.78 is 4.68. The lowest BCUT2D eigenvalue weighted by Gasteiger charge is -2.20. The summed E-state index contributed by atoms with van der Waals surface area (Å²) in [7, 11) is 0. The first-order chi connectivity index (χ1) is 3.98. The van der Waals surface area contributed by atoms with Gasteiger partial charge < -0.3 is 10.5 Å². The zero-order valence-corrected chi connectivity index (χ0v) is 7.06. The van der Waals surface area contributed by atoms with E-state index in [4.69, 9.17) is 5.73 Å². The van der Waals surface area contributed by atoms with Crippen LogP contribution in [0.25, 0.3) is 0 Å². The average molecular weight is 196 g/mol. The van der Waals surface area contributed by atoms with Gasteiger partial charge in [-0.05, 0) is 13.8 Å². The molecule has 3 nitrogen and oxygen atoms in total. The van der Waals surface area contributed by atoms with Crippen molar-refractivity contribution in [1.29, 1.82) is 0 Å². The molecule has 0 unspecified atom stereocenters. The molecule has 0 aromatic rings. The van der Waals surface area contributed by atoms with E-state index in [0.29, 0.717) is 5.33 Å². The first-order valence-electron chi connectivity index (χ1n) is 2.52. The van der Waals surface area contributed by atoms with Gasteiger partial charge in [0.15, 0.2) is 0 Å². The van der Waals surface area contributed by atoms with Crippen molar-refractivity contribution in [3.05, 3.63) is 0 Å². The van der Waals surface area contributed by atoms with Crippen LogP contribution in [0.4, 0.5) is 4.79 Å². The van der Waals surface area contributed by atoms with Crippen molar-refractivity contribution in [2.75, 3.05) is 5.33 Å². The Labute approximate surface area is 62.7 Å². The van der Waals surface area contributed by atoms with Crippen molar-refractivity contribution in [3.8, 4) is 0 Å². The number of amides is 1. The second kappa shape index (κ2) is 3.06. The summed E-state index contributed by atoms with van der Waals surface area (Å²) >= 11 is 3.17. The molecule has 0 spiro atoms. The Morgan fingerprint density at radius 1 is 1.78 bits per heavy atom. The molecular weight excluding hydrogens is 186 g/mol. The van der Waals surface area contributed by atoms with Crippen molar-refractivity contribution in [1.82, 2.24) is 0 Å². The number of hydrogen-bond donors (Lipinski definition) is 1. The molecule has 0 saturated carbocycles. The van der Waals surface area contributed by atoms with Gasteiger partial charge in [-0.1, -0.05) is 15.9 Å². The summed E-state index contributed by atoms with van der Waals surface area (Å²) in [5.74, 6) is 0. The van der Waals surface area contributed by atoms with Gasteiger partial charge in [-0.25, -0.2) is 4.79 Å². The van der Waals surface area contributed by atoms with Gasteiger partial charge in [-0.15, -0.1) is 0 Å². The molecule has 2 N–H and O–H groups in total. The molecule has 0 radical (unpaired) electrons. The van der Waals surface area contributed by atoms with Gasteiger partial charge in [0.2, 0.25) is 0 Å². The number of halogens is 1. The molecule has 0 atom stereocenters. The zero-order chi connectivity index (χ0) is 7.49. The molecule has 0 aromatic heterocycles. The van der Waals surface area contributed by atoms with Gasteiger partial charge in [0.25, 0.3) is 0 Å². The maximum atomic E-state index is 10.2. The minimum Gasteiger partial charge on any atom is -0.443 e. The summed E-state index contributed by atoms with van der Waals surface area (Å²) in [4.78, 5) is 10.2. The number of nitrogens with two attached hydrogens (primary N) is 1. The predicted octanol–water partition coefficient (Wildman–Crippen LogP) is 1.26. The molecule has 0 fully saturated rings. The quantitative estimate of drug-likeness (QED) is 0.675. The predicted molar refractivity (Wildman–Crippen MR) is 38.5 cm³/mol. The van der Waals surface area contributed by atoms with Gasteiger partial charge in [0.1, 0.15) is 5.60 Å². The van der Waals surface area contributed by atoms with Crippen molar-refractivity contribution in [2.45, 2.75) is 19.4 Å². The van der Waals surface area contributed by atoms with E-state index in [1.54, 1.807) is 13.8 Å². The lowest BCUT2D eigenvalue weighted by molar-refractivity contribution is 0.0643. The fraction of sp³-hybridized carbons (Fsp3) is 0.800. The Balaban J connectivity index is 3.71. The summed E-state index contributed by atoms with van der Waals surface area (Å²) in [6.07, 6.45) is -0.737. The highest BCUT2D eigenvalue weighted by atomic mass is 79.9. The first-order valence-corrected chi connectivity index (χ1v) is 3.64. The van der Waals surface area contributed by atoms with Crippen molar-refractivity contribution < 1.29 is 9.53 Å². The third kappa shape index (κ3) is 4.27. The smallest absolute Gasteiger partial charge is 0.405 e. The van der Waals surface area contributed by atoms with Gasteiger partial charge in [0, 0.05) is 5.33 Å². The largest absolute Gasteiger partial charge is 0.443 e. The number of hydrogen-bond acceptors (Lipinski definition) is 2. The van der Waals surface area contributed by atoms with Crippen molar-refractivity contribution >= 4 is 22.0 Å². The molecule has 0 bridgehead atoms. The van der Waals surface area contributed by atoms with Gasteiger partial charge in [-0.3, -0.25) is 0 Å². The lowest BCUT2D eigenvalue weighted by Crippen LogP contribution is -2.32. The van der Waals surface area contributed by atoms with Crippen molar-refractivity contribution in [2.24, 2.45) is 5.73 Å². The molecule has 0 aliphatic rings. The topological polar surface area (TPSA) is 52.3 Å². The Morgan fingerprint density at radius 3 is 2.33 bits per heavy atom. The zero-order valence-electron chi connectivity index (χ0n) is 5.48. The van der Waals surface area contributed by atoms with Crippen LogP contribution >= 0.6 is 15.9 Å². The normalized spacial score (nSPS) is 11.0. The summed E-state index contributed by atoms with van der Waals surface area (Å²) in [5, 5.41) is 0.586. The van der Waals surface area contributed by atoms with Crippen LogP contribution in [0.1, 0.15) is 13.8 Å². The van der Waals surface area contributed by atoms with Crippen LogP contribution in [0, 0.1) is 0 Å². The van der Waals surface area contributed by atoms with E-state index in [1.165, 1.54) is 0 Å². The molecule has 1 amide bonds. The van der Waals surface area contributed by atoms with E-state index in [0.717, 1.165) is 0 Å². The molecule has 0 saturated heterocycles. The highest BCUT2D eigenvalue weighted by Crippen LogP contribution is 2.11. The summed E-state index contributed by atoms with van der Waals surface area (Å²) in [6.45, 7) is 3.54. The third-order valence-corrected chi connectivity index (χ3v) is 2.05. The van der Waals surface area contributed by atoms with Crippen LogP contribution < -0.4 is 5.73 Å². The number of ether oxygens (including phenoxy) is 1. The number of carbonyl (C=O) groups excluding carboxylic acids is 1. The summed E-state index contributed by atoms with van der Waals surface area (Å²) in [5.41, 5.74) is 4.28. The summed E-state index contributed by atoms with van der Waals surface area (Å²) in [6, 6.07) is 0. The molecule has 54 valence electrons. The number of alkyl halides is 1. The fourth-order valence-electron chi connectivity index (χ4n) is 0.300. The van der Waals surface area contributed by atoms with E-state index in [9.17, 15) is 4.79 Å². The maximum absolute atomic E-state index is 10.2. The van der Waals surface area contributed by atoms with Gasteiger partial charge in [0.05, 0.1) is 0 Å². The third-order valence-electron chi connectivity index (χ3n) is 0.699. The number of primary amides is 1.